The van der Waals surface area contributed by atoms with Crippen molar-refractivity contribution in [2.45, 2.75) is 51.1 Å². The molecule has 0 spiro atoms. The minimum atomic E-state index is -0.228. The quantitative estimate of drug-likeness (QED) is 0.809. The molecule has 7 heteroatoms. The van der Waals surface area contributed by atoms with Crippen LogP contribution in [0.15, 0.2) is 30.5 Å². The molecular weight excluding hydrogens is 380 g/mol. The molecule has 2 saturated heterocycles. The molecule has 2 aromatic rings. The van der Waals surface area contributed by atoms with Crippen molar-refractivity contribution in [1.29, 1.82) is 0 Å². The first-order valence-corrected chi connectivity index (χ1v) is 10.8. The van der Waals surface area contributed by atoms with E-state index in [0.717, 1.165) is 44.8 Å². The molecule has 1 unspecified atom stereocenters. The van der Waals surface area contributed by atoms with Gasteiger partial charge in [0.25, 0.3) is 5.91 Å². The highest BCUT2D eigenvalue weighted by Crippen LogP contribution is 2.33. The van der Waals surface area contributed by atoms with E-state index in [1.54, 1.807) is 13.3 Å². The molecule has 2 aliphatic heterocycles. The lowest BCUT2D eigenvalue weighted by atomic mass is 9.96. The molecule has 0 bridgehead atoms. The van der Waals surface area contributed by atoms with Gasteiger partial charge in [0, 0.05) is 25.5 Å². The SMILES string of the molecule is COc1ccccc1NC(=O)c1cnc(C2CCCCN2C2CCOCC2)nc1C. The number of likely N-dealkylation sites (tertiary alicyclic amines) is 1. The van der Waals surface area contributed by atoms with Crippen molar-refractivity contribution in [3.63, 3.8) is 0 Å². The maximum absolute atomic E-state index is 12.8. The van der Waals surface area contributed by atoms with Crippen LogP contribution in [0.4, 0.5) is 5.69 Å². The summed E-state index contributed by atoms with van der Waals surface area (Å²) in [6.07, 6.45) is 7.25. The average Bonchev–Trinajstić information content (AvgIpc) is 2.80. The number of ether oxygens (including phenoxy) is 2. The Bertz CT molecular complexity index is 883. The van der Waals surface area contributed by atoms with Gasteiger partial charge in [0.05, 0.1) is 30.1 Å². The number of hydrogen-bond acceptors (Lipinski definition) is 6. The first-order valence-electron chi connectivity index (χ1n) is 10.8. The molecule has 1 atom stereocenters. The summed E-state index contributed by atoms with van der Waals surface area (Å²) in [5.74, 6) is 1.22. The van der Waals surface area contributed by atoms with Gasteiger partial charge in [0.2, 0.25) is 0 Å². The van der Waals surface area contributed by atoms with Gasteiger partial charge in [-0.1, -0.05) is 18.6 Å². The highest BCUT2D eigenvalue weighted by molar-refractivity contribution is 6.05. The fraction of sp³-hybridized carbons (Fsp3) is 0.522. The lowest BCUT2D eigenvalue weighted by molar-refractivity contribution is 0.00208. The minimum absolute atomic E-state index is 0.215. The van der Waals surface area contributed by atoms with E-state index < -0.39 is 0 Å². The monoisotopic (exact) mass is 410 g/mol. The summed E-state index contributed by atoms with van der Waals surface area (Å²) in [4.78, 5) is 24.8. The van der Waals surface area contributed by atoms with Crippen molar-refractivity contribution in [2.75, 3.05) is 32.2 Å². The summed E-state index contributed by atoms with van der Waals surface area (Å²) in [6.45, 7) is 4.61. The maximum atomic E-state index is 12.8. The van der Waals surface area contributed by atoms with Crippen molar-refractivity contribution < 1.29 is 14.3 Å². The predicted molar refractivity (Wildman–Crippen MR) is 115 cm³/mol. The largest absolute Gasteiger partial charge is 0.495 e. The van der Waals surface area contributed by atoms with Crippen LogP contribution in [-0.2, 0) is 4.74 Å². The van der Waals surface area contributed by atoms with Crippen LogP contribution in [0.1, 0.15) is 60.0 Å². The number of aromatic nitrogens is 2. The van der Waals surface area contributed by atoms with E-state index in [1.165, 1.54) is 12.8 Å². The first-order chi connectivity index (χ1) is 14.7. The molecule has 7 nitrogen and oxygen atoms in total. The number of amides is 1. The van der Waals surface area contributed by atoms with E-state index in [9.17, 15) is 4.79 Å². The molecule has 4 rings (SSSR count). The lowest BCUT2D eigenvalue weighted by Gasteiger charge is -2.42. The van der Waals surface area contributed by atoms with E-state index in [1.807, 2.05) is 31.2 Å². The van der Waals surface area contributed by atoms with Crippen LogP contribution in [0.25, 0.3) is 0 Å². The minimum Gasteiger partial charge on any atom is -0.495 e. The van der Waals surface area contributed by atoms with Gasteiger partial charge in [-0.2, -0.15) is 0 Å². The van der Waals surface area contributed by atoms with Gasteiger partial charge < -0.3 is 14.8 Å². The Hall–Kier alpha value is -2.51. The van der Waals surface area contributed by atoms with Crippen LogP contribution in [0, 0.1) is 6.92 Å². The maximum Gasteiger partial charge on any atom is 0.259 e. The molecule has 1 amide bonds. The Labute approximate surface area is 177 Å². The van der Waals surface area contributed by atoms with Crippen molar-refractivity contribution in [3.8, 4) is 5.75 Å². The molecule has 3 heterocycles. The number of carbonyl (C=O) groups excluding carboxylic acids is 1. The number of carbonyl (C=O) groups is 1. The van der Waals surface area contributed by atoms with Crippen LogP contribution in [0.5, 0.6) is 5.75 Å². The molecule has 1 aromatic heterocycles. The summed E-state index contributed by atoms with van der Waals surface area (Å²) in [5, 5.41) is 2.91. The van der Waals surface area contributed by atoms with E-state index >= 15 is 0 Å². The second-order valence-corrected chi connectivity index (χ2v) is 7.97. The third-order valence-corrected chi connectivity index (χ3v) is 6.10. The second-order valence-electron chi connectivity index (χ2n) is 7.97. The summed E-state index contributed by atoms with van der Waals surface area (Å²) in [6, 6.07) is 8.10. The summed E-state index contributed by atoms with van der Waals surface area (Å²) in [7, 11) is 1.59. The van der Waals surface area contributed by atoms with Crippen molar-refractivity contribution in [3.05, 3.63) is 47.5 Å². The normalized spacial score (nSPS) is 20.7. The zero-order valence-electron chi connectivity index (χ0n) is 17.8. The van der Waals surface area contributed by atoms with Gasteiger partial charge >= 0.3 is 0 Å². The smallest absolute Gasteiger partial charge is 0.259 e. The Balaban J connectivity index is 1.52. The van der Waals surface area contributed by atoms with E-state index in [4.69, 9.17) is 14.5 Å². The Morgan fingerprint density at radius 3 is 2.77 bits per heavy atom. The van der Waals surface area contributed by atoms with Crippen molar-refractivity contribution >= 4 is 11.6 Å². The third kappa shape index (κ3) is 4.47. The summed E-state index contributed by atoms with van der Waals surface area (Å²) < 4.78 is 10.9. The standard InChI is InChI=1S/C23H30N4O3/c1-16-18(23(28)26-19-7-3-4-9-21(19)29-2)15-24-22(25-16)20-8-5-6-12-27(20)17-10-13-30-14-11-17/h3-4,7,9,15,17,20H,5-6,8,10-14H2,1-2H3,(H,26,28). The predicted octanol–water partition coefficient (Wildman–Crippen LogP) is 3.75. The molecule has 1 aromatic carbocycles. The van der Waals surface area contributed by atoms with Gasteiger partial charge in [-0.25, -0.2) is 9.97 Å². The number of aryl methyl sites for hydroxylation is 1. The molecule has 2 fully saturated rings. The van der Waals surface area contributed by atoms with Crippen LogP contribution in [-0.4, -0.2) is 53.7 Å². The molecule has 160 valence electrons. The van der Waals surface area contributed by atoms with Gasteiger partial charge in [0.15, 0.2) is 0 Å². The number of nitrogens with one attached hydrogen (secondary N) is 1. The molecule has 2 aliphatic rings. The molecule has 0 radical (unpaired) electrons. The first kappa shape index (κ1) is 20.8. The number of anilines is 1. The second kappa shape index (κ2) is 9.53. The fourth-order valence-corrected chi connectivity index (χ4v) is 4.49. The Morgan fingerprint density at radius 1 is 1.20 bits per heavy atom. The zero-order chi connectivity index (χ0) is 20.9. The van der Waals surface area contributed by atoms with E-state index in [2.05, 4.69) is 15.2 Å². The highest BCUT2D eigenvalue weighted by atomic mass is 16.5. The molecule has 1 N–H and O–H groups in total. The van der Waals surface area contributed by atoms with Crippen molar-refractivity contribution in [2.24, 2.45) is 0 Å². The topological polar surface area (TPSA) is 76.6 Å². The summed E-state index contributed by atoms with van der Waals surface area (Å²) >= 11 is 0. The molecular formula is C23H30N4O3. The average molecular weight is 411 g/mol. The highest BCUT2D eigenvalue weighted by Gasteiger charge is 2.33. The van der Waals surface area contributed by atoms with E-state index in [0.29, 0.717) is 28.7 Å². The lowest BCUT2D eigenvalue weighted by Crippen LogP contribution is -2.44. The number of nitrogens with zero attached hydrogens (tertiary/aromatic N) is 3. The van der Waals surface area contributed by atoms with Crippen LogP contribution < -0.4 is 10.1 Å². The van der Waals surface area contributed by atoms with Crippen LogP contribution in [0.3, 0.4) is 0 Å². The molecule has 0 saturated carbocycles. The molecule has 0 aliphatic carbocycles. The van der Waals surface area contributed by atoms with E-state index in [-0.39, 0.29) is 11.9 Å². The van der Waals surface area contributed by atoms with Crippen LogP contribution in [0.2, 0.25) is 0 Å². The van der Waals surface area contributed by atoms with Gasteiger partial charge in [0.1, 0.15) is 11.6 Å². The zero-order valence-corrected chi connectivity index (χ0v) is 17.8. The number of para-hydroxylation sites is 2. The van der Waals surface area contributed by atoms with Gasteiger partial charge in [-0.15, -0.1) is 0 Å². The van der Waals surface area contributed by atoms with Crippen molar-refractivity contribution in [1.82, 2.24) is 14.9 Å². The Morgan fingerprint density at radius 2 is 2.00 bits per heavy atom. The third-order valence-electron chi connectivity index (χ3n) is 6.10. The number of piperidine rings is 1. The number of rotatable bonds is 5. The fourth-order valence-electron chi connectivity index (χ4n) is 4.49. The number of benzene rings is 1. The summed E-state index contributed by atoms with van der Waals surface area (Å²) in [5.41, 5.74) is 1.81. The van der Waals surface area contributed by atoms with Gasteiger partial charge in [-0.05, 0) is 51.3 Å². The number of methoxy groups -OCH3 is 1. The van der Waals surface area contributed by atoms with Crippen LogP contribution >= 0.6 is 0 Å². The Kier molecular flexibility index (Phi) is 6.59. The molecule has 30 heavy (non-hydrogen) atoms. The van der Waals surface area contributed by atoms with Gasteiger partial charge in [-0.3, -0.25) is 9.69 Å². The number of hydrogen-bond donors (Lipinski definition) is 1.